The lowest BCUT2D eigenvalue weighted by Gasteiger charge is -2.14. The number of benzene rings is 3. The van der Waals surface area contributed by atoms with Crippen LogP contribution in [-0.4, -0.2) is 16.0 Å². The predicted molar refractivity (Wildman–Crippen MR) is 101 cm³/mol. The summed E-state index contributed by atoms with van der Waals surface area (Å²) in [5, 5.41) is 23.3. The van der Waals surface area contributed by atoms with Crippen LogP contribution in [-0.2, 0) is 6.61 Å². The number of rotatable bonds is 7. The third-order valence-corrected chi connectivity index (χ3v) is 3.84. The Morgan fingerprint density at radius 1 is 1.00 bits per heavy atom. The van der Waals surface area contributed by atoms with E-state index in [0.717, 1.165) is 11.6 Å². The third kappa shape index (κ3) is 4.40. The van der Waals surface area contributed by atoms with Crippen LogP contribution in [0.1, 0.15) is 15.9 Å². The van der Waals surface area contributed by atoms with E-state index in [1.807, 2.05) is 30.3 Å². The minimum absolute atomic E-state index is 0.193. The summed E-state index contributed by atoms with van der Waals surface area (Å²) in [5.41, 5.74) is 1.32. The van der Waals surface area contributed by atoms with Crippen molar-refractivity contribution >= 4 is 23.0 Å². The van der Waals surface area contributed by atoms with E-state index in [0.29, 0.717) is 18.0 Å². The lowest BCUT2D eigenvalue weighted by atomic mass is 10.1. The molecule has 0 spiro atoms. The van der Waals surface area contributed by atoms with E-state index in [2.05, 4.69) is 5.32 Å². The largest absolute Gasteiger partial charge is 0.487 e. The van der Waals surface area contributed by atoms with E-state index < -0.39 is 10.9 Å². The molecule has 3 aromatic carbocycles. The topological polar surface area (TPSA) is 102 Å². The number of aromatic carboxylic acids is 1. The van der Waals surface area contributed by atoms with Crippen molar-refractivity contribution in [1.82, 2.24) is 0 Å². The monoisotopic (exact) mass is 364 g/mol. The lowest BCUT2D eigenvalue weighted by molar-refractivity contribution is -0.384. The number of nitrogens with one attached hydrogen (secondary N) is 1. The van der Waals surface area contributed by atoms with Gasteiger partial charge < -0.3 is 15.2 Å². The molecule has 0 aliphatic rings. The van der Waals surface area contributed by atoms with Crippen molar-refractivity contribution in [2.24, 2.45) is 0 Å². The van der Waals surface area contributed by atoms with Gasteiger partial charge in [-0.1, -0.05) is 42.5 Å². The van der Waals surface area contributed by atoms with Crippen LogP contribution in [0.3, 0.4) is 0 Å². The SMILES string of the molecule is O=C(O)c1cc([N+](=O)[O-])ccc1Nc1ccccc1OCc1ccccc1. The van der Waals surface area contributed by atoms with Gasteiger partial charge in [0.25, 0.3) is 5.69 Å². The van der Waals surface area contributed by atoms with Crippen LogP contribution in [0.5, 0.6) is 5.75 Å². The molecule has 0 aliphatic heterocycles. The summed E-state index contributed by atoms with van der Waals surface area (Å²) in [6, 6.07) is 20.4. The predicted octanol–water partition coefficient (Wildman–Crippen LogP) is 4.62. The Morgan fingerprint density at radius 2 is 1.70 bits per heavy atom. The molecule has 2 N–H and O–H groups in total. The number of nitro groups is 1. The first-order chi connectivity index (χ1) is 13.0. The van der Waals surface area contributed by atoms with Gasteiger partial charge in [-0.3, -0.25) is 10.1 Å². The van der Waals surface area contributed by atoms with Crippen molar-refractivity contribution in [3.8, 4) is 5.75 Å². The highest BCUT2D eigenvalue weighted by Gasteiger charge is 2.17. The van der Waals surface area contributed by atoms with E-state index in [1.54, 1.807) is 24.3 Å². The van der Waals surface area contributed by atoms with Crippen LogP contribution in [0.25, 0.3) is 0 Å². The summed E-state index contributed by atoms with van der Waals surface area (Å²) < 4.78 is 5.84. The molecule has 0 saturated carbocycles. The Bertz CT molecular complexity index is 973. The number of hydrogen-bond acceptors (Lipinski definition) is 5. The summed E-state index contributed by atoms with van der Waals surface area (Å²) >= 11 is 0. The van der Waals surface area contributed by atoms with Gasteiger partial charge in [0.1, 0.15) is 12.4 Å². The van der Waals surface area contributed by atoms with Crippen molar-refractivity contribution in [2.45, 2.75) is 6.61 Å². The average molecular weight is 364 g/mol. The molecule has 0 aromatic heterocycles. The number of nitro benzene ring substituents is 1. The van der Waals surface area contributed by atoms with E-state index in [1.165, 1.54) is 12.1 Å². The third-order valence-electron chi connectivity index (χ3n) is 3.84. The number of carbonyl (C=O) groups is 1. The normalized spacial score (nSPS) is 10.2. The van der Waals surface area contributed by atoms with Crippen molar-refractivity contribution in [2.75, 3.05) is 5.32 Å². The Balaban J connectivity index is 1.86. The molecule has 136 valence electrons. The molecule has 0 heterocycles. The molecule has 0 amide bonds. The van der Waals surface area contributed by atoms with Crippen molar-refractivity contribution in [3.05, 3.63) is 94.0 Å². The Morgan fingerprint density at radius 3 is 2.41 bits per heavy atom. The maximum atomic E-state index is 11.5. The molecule has 3 aromatic rings. The second kappa shape index (κ2) is 8.01. The molecule has 7 heteroatoms. The zero-order valence-electron chi connectivity index (χ0n) is 14.2. The number of para-hydroxylation sites is 2. The van der Waals surface area contributed by atoms with Crippen LogP contribution in [0, 0.1) is 10.1 Å². The number of hydrogen-bond donors (Lipinski definition) is 2. The number of non-ortho nitro benzene ring substituents is 1. The number of carboxylic acids is 1. The second-order valence-corrected chi connectivity index (χ2v) is 5.69. The molecule has 3 rings (SSSR count). The molecular weight excluding hydrogens is 348 g/mol. The first-order valence-corrected chi connectivity index (χ1v) is 8.09. The molecule has 0 radical (unpaired) electrons. The molecule has 0 fully saturated rings. The number of nitrogens with zero attached hydrogens (tertiary/aromatic N) is 1. The molecule has 27 heavy (non-hydrogen) atoms. The zero-order chi connectivity index (χ0) is 19.2. The van der Waals surface area contributed by atoms with E-state index >= 15 is 0 Å². The van der Waals surface area contributed by atoms with Gasteiger partial charge in [-0.15, -0.1) is 0 Å². The van der Waals surface area contributed by atoms with E-state index in [4.69, 9.17) is 4.74 Å². The highest BCUT2D eigenvalue weighted by atomic mass is 16.6. The van der Waals surface area contributed by atoms with Crippen LogP contribution in [0.2, 0.25) is 0 Å². The standard InChI is InChI=1S/C20H16N2O5/c23-20(24)16-12-15(22(25)26)10-11-17(16)21-18-8-4-5-9-19(18)27-13-14-6-2-1-3-7-14/h1-12,21H,13H2,(H,23,24). The summed E-state index contributed by atoms with van der Waals surface area (Å²) in [6.07, 6.45) is 0. The van der Waals surface area contributed by atoms with E-state index in [-0.39, 0.29) is 16.9 Å². The summed E-state index contributed by atoms with van der Waals surface area (Å²) in [6.45, 7) is 0.353. The molecule has 0 saturated heterocycles. The molecule has 0 atom stereocenters. The van der Waals surface area contributed by atoms with Crippen molar-refractivity contribution < 1.29 is 19.6 Å². The summed E-state index contributed by atoms with van der Waals surface area (Å²) in [7, 11) is 0. The molecule has 0 unspecified atom stereocenters. The van der Waals surface area contributed by atoms with Gasteiger partial charge >= 0.3 is 5.97 Å². The highest BCUT2D eigenvalue weighted by Crippen LogP contribution is 2.31. The fraction of sp³-hybridized carbons (Fsp3) is 0.0500. The van der Waals surface area contributed by atoms with Gasteiger partial charge in [-0.25, -0.2) is 4.79 Å². The Kier molecular flexibility index (Phi) is 5.32. The minimum atomic E-state index is -1.26. The second-order valence-electron chi connectivity index (χ2n) is 5.69. The molecule has 0 bridgehead atoms. The molecule has 7 nitrogen and oxygen atoms in total. The number of carboxylic acid groups (broad SMARTS) is 1. The maximum absolute atomic E-state index is 11.5. The minimum Gasteiger partial charge on any atom is -0.487 e. The first kappa shape index (κ1) is 17.9. The van der Waals surface area contributed by atoms with Gasteiger partial charge in [-0.05, 0) is 23.8 Å². The van der Waals surface area contributed by atoms with Crippen LogP contribution < -0.4 is 10.1 Å². The fourth-order valence-corrected chi connectivity index (χ4v) is 2.51. The zero-order valence-corrected chi connectivity index (χ0v) is 14.2. The van der Waals surface area contributed by atoms with Crippen LogP contribution >= 0.6 is 0 Å². The highest BCUT2D eigenvalue weighted by molar-refractivity contribution is 5.96. The van der Waals surface area contributed by atoms with Gasteiger partial charge in [0.15, 0.2) is 0 Å². The van der Waals surface area contributed by atoms with Crippen LogP contribution in [0.15, 0.2) is 72.8 Å². The van der Waals surface area contributed by atoms with Crippen molar-refractivity contribution in [1.29, 1.82) is 0 Å². The fourth-order valence-electron chi connectivity index (χ4n) is 2.51. The quantitative estimate of drug-likeness (QED) is 0.469. The average Bonchev–Trinajstić information content (AvgIpc) is 2.68. The van der Waals surface area contributed by atoms with Gasteiger partial charge in [-0.2, -0.15) is 0 Å². The lowest BCUT2D eigenvalue weighted by Crippen LogP contribution is -2.05. The summed E-state index contributed by atoms with van der Waals surface area (Å²) in [5.74, 6) is -0.722. The van der Waals surface area contributed by atoms with Gasteiger partial charge in [0.2, 0.25) is 0 Å². The number of anilines is 2. The Hall–Kier alpha value is -3.87. The van der Waals surface area contributed by atoms with Gasteiger partial charge in [0, 0.05) is 12.1 Å². The summed E-state index contributed by atoms with van der Waals surface area (Å²) in [4.78, 5) is 21.7. The van der Waals surface area contributed by atoms with E-state index in [9.17, 15) is 20.0 Å². The molecular formula is C20H16N2O5. The van der Waals surface area contributed by atoms with Crippen molar-refractivity contribution in [3.63, 3.8) is 0 Å². The number of ether oxygens (including phenoxy) is 1. The van der Waals surface area contributed by atoms with Crippen LogP contribution in [0.4, 0.5) is 17.1 Å². The Labute approximate surface area is 155 Å². The maximum Gasteiger partial charge on any atom is 0.338 e. The van der Waals surface area contributed by atoms with Gasteiger partial charge in [0.05, 0.1) is 21.9 Å². The first-order valence-electron chi connectivity index (χ1n) is 8.09. The smallest absolute Gasteiger partial charge is 0.338 e. The molecule has 0 aliphatic carbocycles.